The van der Waals surface area contributed by atoms with Crippen LogP contribution in [0.15, 0.2) is 17.1 Å². The highest BCUT2D eigenvalue weighted by Crippen LogP contribution is 2.43. The van der Waals surface area contributed by atoms with Crippen molar-refractivity contribution in [2.24, 2.45) is 10.9 Å². The molecule has 1 aromatic carbocycles. The van der Waals surface area contributed by atoms with Crippen LogP contribution in [-0.2, 0) is 11.2 Å². The van der Waals surface area contributed by atoms with Crippen LogP contribution in [0.1, 0.15) is 38.2 Å². The van der Waals surface area contributed by atoms with E-state index in [0.29, 0.717) is 50.7 Å². The third-order valence-corrected chi connectivity index (χ3v) is 6.65. The van der Waals surface area contributed by atoms with E-state index in [1.54, 1.807) is 18.3 Å². The minimum absolute atomic E-state index is 0.181. The van der Waals surface area contributed by atoms with Crippen LogP contribution in [0.5, 0.6) is 5.75 Å². The van der Waals surface area contributed by atoms with Gasteiger partial charge in [0.05, 0.1) is 24.1 Å². The van der Waals surface area contributed by atoms with Gasteiger partial charge in [-0.15, -0.1) is 0 Å². The molecule has 4 rings (SSSR count). The summed E-state index contributed by atoms with van der Waals surface area (Å²) in [5.41, 5.74) is 2.12. The van der Waals surface area contributed by atoms with Crippen molar-refractivity contribution >= 4 is 23.2 Å². The molecular weight excluding hydrogens is 410 g/mol. The van der Waals surface area contributed by atoms with Crippen molar-refractivity contribution in [1.82, 2.24) is 10.2 Å². The Hall–Kier alpha value is -2.99. The van der Waals surface area contributed by atoms with Gasteiger partial charge in [-0.05, 0) is 44.7 Å². The fourth-order valence-corrected chi connectivity index (χ4v) is 4.73. The van der Waals surface area contributed by atoms with Gasteiger partial charge in [0.15, 0.2) is 0 Å². The normalized spacial score (nSPS) is 21.9. The van der Waals surface area contributed by atoms with Gasteiger partial charge in [0, 0.05) is 44.1 Å². The fraction of sp³-hybridized carbons (Fsp3) is 0.609. The van der Waals surface area contributed by atoms with Gasteiger partial charge in [-0.3, -0.25) is 5.32 Å². The number of nitrogens with one attached hydrogen (secondary N) is 1. The minimum Gasteiger partial charge on any atom is -0.496 e. The van der Waals surface area contributed by atoms with E-state index in [9.17, 15) is 9.90 Å². The number of fused-ring (bicyclic) bond motifs is 1. The van der Waals surface area contributed by atoms with E-state index < -0.39 is 5.60 Å². The van der Waals surface area contributed by atoms with Crippen LogP contribution in [0.4, 0.5) is 16.2 Å². The largest absolute Gasteiger partial charge is 0.496 e. The smallest absolute Gasteiger partial charge is 0.322 e. The maximum absolute atomic E-state index is 12.8. The number of ether oxygens (including phenoxy) is 2. The number of amidine groups is 1. The molecule has 0 radical (unpaired) electrons. The second-order valence-electron chi connectivity index (χ2n) is 9.12. The maximum atomic E-state index is 12.8. The number of urea groups is 1. The first-order valence-corrected chi connectivity index (χ1v) is 11.2. The van der Waals surface area contributed by atoms with E-state index in [2.05, 4.69) is 10.2 Å². The molecule has 172 valence electrons. The number of nitriles is 1. The summed E-state index contributed by atoms with van der Waals surface area (Å²) >= 11 is 0. The van der Waals surface area contributed by atoms with Crippen LogP contribution in [0.25, 0.3) is 0 Å². The number of likely N-dealkylation sites (tertiary alicyclic amines) is 1. The van der Waals surface area contributed by atoms with Crippen LogP contribution in [0, 0.1) is 17.4 Å². The zero-order valence-electron chi connectivity index (χ0n) is 18.8. The minimum atomic E-state index is -0.704. The highest BCUT2D eigenvalue weighted by atomic mass is 16.5. The van der Waals surface area contributed by atoms with Gasteiger partial charge < -0.3 is 24.4 Å². The van der Waals surface area contributed by atoms with Crippen LogP contribution in [-0.4, -0.2) is 67.4 Å². The molecule has 9 nitrogen and oxygen atoms in total. The molecule has 32 heavy (non-hydrogen) atoms. The molecule has 0 bridgehead atoms. The Morgan fingerprint density at radius 1 is 1.38 bits per heavy atom. The Labute approximate surface area is 188 Å². The van der Waals surface area contributed by atoms with Gasteiger partial charge >= 0.3 is 6.03 Å². The van der Waals surface area contributed by atoms with Crippen LogP contribution >= 0.6 is 0 Å². The van der Waals surface area contributed by atoms with Crippen LogP contribution in [0.2, 0.25) is 0 Å². The van der Waals surface area contributed by atoms with E-state index in [0.717, 1.165) is 48.6 Å². The quantitative estimate of drug-likeness (QED) is 0.695. The second kappa shape index (κ2) is 9.25. The number of carbonyl (C=O) groups is 1. The SMILES string of the molecule is COc1ccc(N2CCCC(COC#N)C2)c2c1CC(NC(=O)N1CCC(C)(O)CC1)=N2. The van der Waals surface area contributed by atoms with Gasteiger partial charge in [-0.25, -0.2) is 9.79 Å². The summed E-state index contributed by atoms with van der Waals surface area (Å²) in [6, 6.07) is 3.79. The first kappa shape index (κ1) is 22.2. The van der Waals surface area contributed by atoms with Gasteiger partial charge in [0.2, 0.25) is 0 Å². The molecule has 9 heteroatoms. The molecule has 3 heterocycles. The number of carbonyl (C=O) groups excluding carboxylic acids is 1. The Bertz CT molecular complexity index is 929. The van der Waals surface area contributed by atoms with Gasteiger partial charge in [0.25, 0.3) is 6.26 Å². The van der Waals surface area contributed by atoms with E-state index in [1.165, 1.54) is 0 Å². The summed E-state index contributed by atoms with van der Waals surface area (Å²) in [6.45, 7) is 4.99. The molecule has 3 aliphatic rings. The summed E-state index contributed by atoms with van der Waals surface area (Å²) in [4.78, 5) is 21.6. The molecule has 2 saturated heterocycles. The lowest BCUT2D eigenvalue weighted by atomic mass is 9.94. The second-order valence-corrected chi connectivity index (χ2v) is 9.12. The molecule has 0 spiro atoms. The molecule has 2 amide bonds. The van der Waals surface area contributed by atoms with Crippen molar-refractivity contribution in [2.45, 2.75) is 44.6 Å². The number of benzene rings is 1. The predicted molar refractivity (Wildman–Crippen MR) is 120 cm³/mol. The molecule has 2 fully saturated rings. The molecule has 1 atom stereocenters. The third kappa shape index (κ3) is 4.75. The van der Waals surface area contributed by atoms with Crippen molar-refractivity contribution in [3.63, 3.8) is 0 Å². The van der Waals surface area contributed by atoms with Crippen molar-refractivity contribution in [2.75, 3.05) is 44.8 Å². The number of aliphatic hydroxyl groups is 1. The molecule has 1 aromatic rings. The first-order valence-electron chi connectivity index (χ1n) is 11.2. The van der Waals surface area contributed by atoms with Crippen molar-refractivity contribution < 1.29 is 19.4 Å². The number of hydrogen-bond acceptors (Lipinski definition) is 7. The highest BCUT2D eigenvalue weighted by Gasteiger charge is 2.32. The van der Waals surface area contributed by atoms with Crippen LogP contribution < -0.4 is 15.0 Å². The third-order valence-electron chi connectivity index (χ3n) is 6.65. The molecule has 1 unspecified atom stereocenters. The Morgan fingerprint density at radius 3 is 2.88 bits per heavy atom. The number of piperidine rings is 2. The molecule has 3 aliphatic heterocycles. The molecule has 0 aromatic heterocycles. The monoisotopic (exact) mass is 441 g/mol. The lowest BCUT2D eigenvalue weighted by molar-refractivity contribution is 0.00483. The van der Waals surface area contributed by atoms with Gasteiger partial charge in [0.1, 0.15) is 18.2 Å². The molecule has 0 saturated carbocycles. The summed E-state index contributed by atoms with van der Waals surface area (Å²) in [5, 5.41) is 21.8. The Kier molecular flexibility index (Phi) is 6.42. The van der Waals surface area contributed by atoms with Crippen molar-refractivity contribution in [3.05, 3.63) is 17.7 Å². The Morgan fingerprint density at radius 2 is 2.16 bits per heavy atom. The molecule has 2 N–H and O–H groups in total. The number of hydrogen-bond donors (Lipinski definition) is 2. The average Bonchev–Trinajstić information content (AvgIpc) is 3.20. The topological polar surface area (TPSA) is 110 Å². The number of amides is 2. The first-order chi connectivity index (χ1) is 15.4. The van der Waals surface area contributed by atoms with E-state index in [4.69, 9.17) is 19.7 Å². The van der Waals surface area contributed by atoms with Crippen molar-refractivity contribution in [3.8, 4) is 12.0 Å². The lowest BCUT2D eigenvalue weighted by Crippen LogP contribution is -2.50. The van der Waals surface area contributed by atoms with Crippen LogP contribution in [0.3, 0.4) is 0 Å². The summed E-state index contributed by atoms with van der Waals surface area (Å²) < 4.78 is 10.5. The lowest BCUT2D eigenvalue weighted by Gasteiger charge is -2.35. The zero-order valence-corrected chi connectivity index (χ0v) is 18.8. The summed E-state index contributed by atoms with van der Waals surface area (Å²) in [6.07, 6.45) is 5.45. The fourth-order valence-electron chi connectivity index (χ4n) is 4.73. The number of methoxy groups -OCH3 is 1. The maximum Gasteiger partial charge on any atom is 0.322 e. The number of nitrogens with zero attached hydrogens (tertiary/aromatic N) is 4. The highest BCUT2D eigenvalue weighted by molar-refractivity contribution is 6.04. The predicted octanol–water partition coefficient (Wildman–Crippen LogP) is 2.55. The standard InChI is InChI=1S/C23H31N5O4/c1-23(30)7-10-27(11-8-23)22(29)26-20-12-17-19(31-2)6-5-18(21(17)25-20)28-9-3-4-16(13-28)14-32-15-24/h5-6,16,30H,3-4,7-14H2,1-2H3,(H,25,26,29). The van der Waals surface area contributed by atoms with E-state index in [1.807, 2.05) is 19.1 Å². The Balaban J connectivity index is 1.49. The van der Waals surface area contributed by atoms with Crippen molar-refractivity contribution in [1.29, 1.82) is 5.26 Å². The average molecular weight is 442 g/mol. The van der Waals surface area contributed by atoms with Gasteiger partial charge in [-0.2, -0.15) is 5.26 Å². The van der Waals surface area contributed by atoms with Gasteiger partial charge in [-0.1, -0.05) is 0 Å². The summed E-state index contributed by atoms with van der Waals surface area (Å²) in [5.74, 6) is 1.66. The number of aliphatic imine (C=N–C) groups is 1. The zero-order chi connectivity index (χ0) is 22.7. The van der Waals surface area contributed by atoms with E-state index in [-0.39, 0.29) is 6.03 Å². The van der Waals surface area contributed by atoms with E-state index >= 15 is 0 Å². The summed E-state index contributed by atoms with van der Waals surface area (Å²) in [7, 11) is 1.64. The number of rotatable bonds is 4. The number of anilines is 1. The molecule has 0 aliphatic carbocycles. The molecular formula is C23H31N5O4.